The zero-order valence-electron chi connectivity index (χ0n) is 18.4. The number of rotatable bonds is 0. The molecular formula is C23H23FN8O. The van der Waals surface area contributed by atoms with Gasteiger partial charge in [0.1, 0.15) is 17.6 Å². The Labute approximate surface area is 190 Å². The Morgan fingerprint density at radius 1 is 1.27 bits per heavy atom. The van der Waals surface area contributed by atoms with Gasteiger partial charge in [-0.2, -0.15) is 10.4 Å². The highest BCUT2D eigenvalue weighted by Crippen LogP contribution is 2.40. The van der Waals surface area contributed by atoms with Gasteiger partial charge in [-0.1, -0.05) is 0 Å². The van der Waals surface area contributed by atoms with Crippen molar-refractivity contribution in [1.29, 1.82) is 5.26 Å². The lowest BCUT2D eigenvalue weighted by Gasteiger charge is -2.38. The predicted molar refractivity (Wildman–Crippen MR) is 119 cm³/mol. The molecule has 33 heavy (non-hydrogen) atoms. The number of nitriles is 1. The van der Waals surface area contributed by atoms with Crippen molar-refractivity contribution in [1.82, 2.24) is 24.6 Å². The first-order chi connectivity index (χ1) is 15.9. The molecule has 0 radical (unpaired) electrons. The fraction of sp³-hybridized carbons (Fsp3) is 0.348. The lowest BCUT2D eigenvalue weighted by atomic mass is 9.91. The van der Waals surface area contributed by atoms with Gasteiger partial charge < -0.3 is 15.5 Å². The molecule has 2 aliphatic heterocycles. The third-order valence-corrected chi connectivity index (χ3v) is 6.37. The van der Waals surface area contributed by atoms with Crippen molar-refractivity contribution in [2.75, 3.05) is 24.2 Å². The number of halogens is 1. The maximum Gasteiger partial charge on any atom is 0.254 e. The molecule has 0 unspecified atom stereocenters. The number of hydrogen-bond acceptors (Lipinski definition) is 7. The maximum absolute atomic E-state index is 14.4. The Hall–Kier alpha value is -4.00. The Bertz CT molecular complexity index is 1310. The first-order valence-corrected chi connectivity index (χ1v) is 10.8. The second-order valence-corrected chi connectivity index (χ2v) is 8.47. The van der Waals surface area contributed by atoms with Crippen molar-refractivity contribution in [2.45, 2.75) is 31.8 Å². The van der Waals surface area contributed by atoms with Gasteiger partial charge in [-0.3, -0.25) is 9.48 Å². The van der Waals surface area contributed by atoms with Crippen molar-refractivity contribution in [2.24, 2.45) is 7.05 Å². The fourth-order valence-corrected chi connectivity index (χ4v) is 4.82. The summed E-state index contributed by atoms with van der Waals surface area (Å²) in [6, 6.07) is 6.18. The van der Waals surface area contributed by atoms with Crippen molar-refractivity contribution < 1.29 is 9.18 Å². The highest BCUT2D eigenvalue weighted by atomic mass is 19.1. The Balaban J connectivity index is 1.81. The van der Waals surface area contributed by atoms with Crippen LogP contribution in [0.15, 0.2) is 24.4 Å². The van der Waals surface area contributed by atoms with E-state index in [1.807, 2.05) is 4.90 Å². The molecule has 3 aromatic rings. The first-order valence-electron chi connectivity index (χ1n) is 10.8. The monoisotopic (exact) mass is 446 g/mol. The molecular weight excluding hydrogens is 423 g/mol. The minimum Gasteiger partial charge on any atom is -0.381 e. The summed E-state index contributed by atoms with van der Waals surface area (Å²) in [5.41, 5.74) is 9.14. The number of aryl methyl sites for hydroxylation is 1. The smallest absolute Gasteiger partial charge is 0.254 e. The molecule has 1 aromatic carbocycles. The predicted octanol–water partition coefficient (Wildman–Crippen LogP) is 2.79. The number of piperidine rings is 1. The molecule has 2 N–H and O–H groups in total. The number of amides is 1. The average molecular weight is 446 g/mol. The summed E-state index contributed by atoms with van der Waals surface area (Å²) in [7, 11) is 3.35. The van der Waals surface area contributed by atoms with Gasteiger partial charge in [-0.15, -0.1) is 0 Å². The minimum atomic E-state index is -0.402. The fourth-order valence-electron chi connectivity index (χ4n) is 4.82. The number of hydrogen-bond donors (Lipinski definition) is 1. The van der Waals surface area contributed by atoms with E-state index in [1.54, 1.807) is 14.1 Å². The largest absolute Gasteiger partial charge is 0.381 e. The van der Waals surface area contributed by atoms with Crippen LogP contribution in [-0.4, -0.2) is 44.1 Å². The Morgan fingerprint density at radius 2 is 2.09 bits per heavy atom. The molecule has 2 bridgehead atoms. The second-order valence-electron chi connectivity index (χ2n) is 8.47. The van der Waals surface area contributed by atoms with E-state index in [4.69, 9.17) is 10.7 Å². The summed E-state index contributed by atoms with van der Waals surface area (Å²) in [6.07, 6.45) is 4.09. The van der Waals surface area contributed by atoms with Gasteiger partial charge in [0, 0.05) is 26.2 Å². The van der Waals surface area contributed by atoms with Gasteiger partial charge in [0.05, 0.1) is 35.7 Å². The number of nitrogens with zero attached hydrogens (tertiary/aromatic N) is 7. The molecule has 168 valence electrons. The number of anilines is 2. The van der Waals surface area contributed by atoms with E-state index in [-0.39, 0.29) is 24.3 Å². The molecule has 1 fully saturated rings. The van der Waals surface area contributed by atoms with Crippen LogP contribution in [0.5, 0.6) is 0 Å². The van der Waals surface area contributed by atoms with Crippen LogP contribution in [-0.2, 0) is 13.6 Å². The molecule has 1 amide bonds. The van der Waals surface area contributed by atoms with E-state index in [2.05, 4.69) is 16.2 Å². The van der Waals surface area contributed by atoms with E-state index >= 15 is 0 Å². The van der Waals surface area contributed by atoms with Crippen LogP contribution in [0.1, 0.15) is 52.6 Å². The van der Waals surface area contributed by atoms with Gasteiger partial charge >= 0.3 is 0 Å². The van der Waals surface area contributed by atoms with Crippen LogP contribution in [0, 0.1) is 17.1 Å². The number of nitrogen functional groups attached to an aromatic ring is 1. The highest BCUT2D eigenvalue weighted by Gasteiger charge is 2.33. The summed E-state index contributed by atoms with van der Waals surface area (Å²) >= 11 is 0. The number of benzene rings is 1. The quantitative estimate of drug-likeness (QED) is 0.564. The van der Waals surface area contributed by atoms with Crippen LogP contribution in [0.25, 0.3) is 11.3 Å². The van der Waals surface area contributed by atoms with Crippen LogP contribution >= 0.6 is 0 Å². The zero-order valence-corrected chi connectivity index (χ0v) is 18.4. The molecule has 0 aliphatic carbocycles. The summed E-state index contributed by atoms with van der Waals surface area (Å²) in [4.78, 5) is 26.3. The van der Waals surface area contributed by atoms with E-state index in [9.17, 15) is 14.4 Å². The molecule has 5 rings (SSSR count). The molecule has 9 nitrogen and oxygen atoms in total. The molecule has 0 spiro atoms. The summed E-state index contributed by atoms with van der Waals surface area (Å²) < 4.78 is 15.9. The Kier molecular flexibility index (Phi) is 4.96. The van der Waals surface area contributed by atoms with E-state index < -0.39 is 5.82 Å². The molecule has 0 saturated carbocycles. The minimum absolute atomic E-state index is 0.149. The van der Waals surface area contributed by atoms with E-state index in [0.717, 1.165) is 19.3 Å². The number of nitrogens with two attached hydrogens (primary N) is 1. The van der Waals surface area contributed by atoms with Gasteiger partial charge in [-0.25, -0.2) is 14.4 Å². The normalized spacial score (nSPS) is 17.9. The Morgan fingerprint density at radius 3 is 2.88 bits per heavy atom. The third-order valence-electron chi connectivity index (χ3n) is 6.37. The molecule has 10 heteroatoms. The third kappa shape index (κ3) is 3.36. The van der Waals surface area contributed by atoms with Crippen molar-refractivity contribution in [3.63, 3.8) is 0 Å². The molecule has 2 aliphatic rings. The van der Waals surface area contributed by atoms with Crippen molar-refractivity contribution in [3.05, 3.63) is 52.7 Å². The van der Waals surface area contributed by atoms with Crippen LogP contribution < -0.4 is 10.6 Å². The SMILES string of the molecule is CN1Cc2nn(C)c(C#N)c2-c2cnc(N)c(n2)N2CCCC[C@@H]2c2cc(F)ccc2C1=O. The van der Waals surface area contributed by atoms with E-state index in [1.165, 1.54) is 34.0 Å². The first kappa shape index (κ1) is 20.9. The van der Waals surface area contributed by atoms with Crippen LogP contribution in [0.4, 0.5) is 16.0 Å². The number of fused-ring (bicyclic) bond motifs is 8. The maximum atomic E-state index is 14.4. The molecule has 4 heterocycles. The number of aromatic nitrogens is 4. The number of carbonyl (C=O) groups is 1. The zero-order chi connectivity index (χ0) is 23.3. The average Bonchev–Trinajstić information content (AvgIpc) is 3.12. The summed E-state index contributed by atoms with van der Waals surface area (Å²) in [5.74, 6) is 0.0646. The summed E-state index contributed by atoms with van der Waals surface area (Å²) in [6.45, 7) is 0.786. The highest BCUT2D eigenvalue weighted by molar-refractivity contribution is 5.96. The topological polar surface area (TPSA) is 117 Å². The lowest BCUT2D eigenvalue weighted by Crippen LogP contribution is -2.37. The van der Waals surface area contributed by atoms with Crippen molar-refractivity contribution in [3.8, 4) is 17.3 Å². The van der Waals surface area contributed by atoms with Gasteiger partial charge in [0.2, 0.25) is 0 Å². The van der Waals surface area contributed by atoms with Crippen LogP contribution in [0.3, 0.4) is 0 Å². The summed E-state index contributed by atoms with van der Waals surface area (Å²) in [5, 5.41) is 14.3. The number of carbonyl (C=O) groups excluding carboxylic acids is 1. The standard InChI is InChI=1S/C23H23FN8O/c1-30-12-17-20(19(10-25)31(2)29-17)16-11-27-21(26)22(28-16)32-8-4-3-5-18(32)15-9-13(24)6-7-14(15)23(30)33/h6-7,9,11,18H,3-5,8,12H2,1-2H3,(H2,26,27)/t18-/m1/s1. The molecule has 2 aromatic heterocycles. The van der Waals surface area contributed by atoms with Crippen molar-refractivity contribution >= 4 is 17.5 Å². The van der Waals surface area contributed by atoms with Gasteiger partial charge in [0.25, 0.3) is 5.91 Å². The van der Waals surface area contributed by atoms with Crippen LogP contribution in [0.2, 0.25) is 0 Å². The van der Waals surface area contributed by atoms with Gasteiger partial charge in [0.15, 0.2) is 11.6 Å². The lowest BCUT2D eigenvalue weighted by molar-refractivity contribution is 0.0781. The van der Waals surface area contributed by atoms with Gasteiger partial charge in [-0.05, 0) is 43.0 Å². The second kappa shape index (κ2) is 7.85. The van der Waals surface area contributed by atoms with E-state index in [0.29, 0.717) is 46.1 Å². The molecule has 1 saturated heterocycles. The molecule has 1 atom stereocenters.